The number of amides is 4. The molecule has 260 valence electrons. The Morgan fingerprint density at radius 3 is 2.36 bits per heavy atom. The Morgan fingerprint density at radius 2 is 1.68 bits per heavy atom. The lowest BCUT2D eigenvalue weighted by Crippen LogP contribution is -2.48. The summed E-state index contributed by atoms with van der Waals surface area (Å²) in [6.45, 7) is 3.16. The lowest BCUT2D eigenvalue weighted by molar-refractivity contribution is -0.130. The Hall–Kier alpha value is -5.43. The first-order chi connectivity index (χ1) is 24.2. The van der Waals surface area contributed by atoms with Crippen LogP contribution in [0, 0.1) is 18.8 Å². The zero-order valence-electron chi connectivity index (χ0n) is 28.1. The molecule has 2 aliphatic rings. The molecule has 1 aromatic heterocycles. The fourth-order valence-corrected chi connectivity index (χ4v) is 6.68. The minimum atomic E-state index is -0.812. The van der Waals surface area contributed by atoms with E-state index in [0.29, 0.717) is 42.5 Å². The first-order valence-corrected chi connectivity index (χ1v) is 17.2. The van der Waals surface area contributed by atoms with Crippen molar-refractivity contribution in [1.82, 2.24) is 36.6 Å². The van der Waals surface area contributed by atoms with Crippen LogP contribution in [-0.4, -0.2) is 69.4 Å². The predicted octanol–water partition coefficient (Wildman–Crippen LogP) is 3.28. The number of aryl methyl sites for hydroxylation is 1. The summed E-state index contributed by atoms with van der Waals surface area (Å²) in [4.78, 5) is 52.0. The van der Waals surface area contributed by atoms with Crippen molar-refractivity contribution in [2.45, 2.75) is 64.0 Å². The molecule has 0 radical (unpaired) electrons. The number of nitrogens with one attached hydrogen (secondary N) is 5. The maximum absolute atomic E-state index is 13.7. The molecule has 50 heavy (non-hydrogen) atoms. The molecule has 1 aliphatic heterocycles. The van der Waals surface area contributed by atoms with Crippen molar-refractivity contribution in [3.63, 3.8) is 0 Å². The van der Waals surface area contributed by atoms with Gasteiger partial charge in [-0.25, -0.2) is 0 Å². The highest BCUT2D eigenvalue weighted by Crippen LogP contribution is 2.29. The molecule has 4 amide bonds. The van der Waals surface area contributed by atoms with Crippen molar-refractivity contribution in [2.24, 2.45) is 17.6 Å². The van der Waals surface area contributed by atoms with Crippen molar-refractivity contribution >= 4 is 29.3 Å². The van der Waals surface area contributed by atoms with Gasteiger partial charge in [0.2, 0.25) is 23.5 Å². The van der Waals surface area contributed by atoms with Crippen LogP contribution in [0.1, 0.15) is 60.0 Å². The average molecular weight is 678 g/mol. The van der Waals surface area contributed by atoms with E-state index in [2.05, 4.69) is 41.9 Å². The molecule has 2 fully saturated rings. The van der Waals surface area contributed by atoms with Crippen LogP contribution in [0.15, 0.2) is 66.7 Å². The molecule has 6 rings (SSSR count). The summed E-state index contributed by atoms with van der Waals surface area (Å²) in [6.07, 6.45) is 4.56. The summed E-state index contributed by atoms with van der Waals surface area (Å²) in [6, 6.07) is 19.5. The number of anilines is 1. The highest BCUT2D eigenvalue weighted by Gasteiger charge is 2.29. The fourth-order valence-electron chi connectivity index (χ4n) is 6.68. The molecule has 4 aromatic rings. The smallest absolute Gasteiger partial charge is 0.251 e. The number of aromatic nitrogens is 4. The minimum absolute atomic E-state index is 0.0595. The maximum atomic E-state index is 13.7. The number of H-pyrrole nitrogens is 1. The van der Waals surface area contributed by atoms with E-state index in [-0.39, 0.29) is 48.4 Å². The molecule has 1 saturated heterocycles. The van der Waals surface area contributed by atoms with Crippen molar-refractivity contribution in [2.75, 3.05) is 18.4 Å². The van der Waals surface area contributed by atoms with E-state index in [1.165, 1.54) is 0 Å². The van der Waals surface area contributed by atoms with E-state index in [0.717, 1.165) is 53.5 Å². The second kappa shape index (κ2) is 15.9. The van der Waals surface area contributed by atoms with E-state index in [1.54, 1.807) is 30.3 Å². The number of hydrogen-bond acceptors (Lipinski definition) is 8. The highest BCUT2D eigenvalue weighted by atomic mass is 16.2. The van der Waals surface area contributed by atoms with Gasteiger partial charge < -0.3 is 27.0 Å². The van der Waals surface area contributed by atoms with Crippen LogP contribution >= 0.6 is 0 Å². The molecule has 1 aliphatic carbocycles. The van der Waals surface area contributed by atoms with Gasteiger partial charge in [-0.15, -0.1) is 10.2 Å². The third-order valence-corrected chi connectivity index (χ3v) is 9.73. The van der Waals surface area contributed by atoms with Crippen molar-refractivity contribution in [1.29, 1.82) is 0 Å². The second-order valence-electron chi connectivity index (χ2n) is 13.3. The van der Waals surface area contributed by atoms with Crippen LogP contribution in [-0.2, 0) is 20.8 Å². The third kappa shape index (κ3) is 8.58. The lowest BCUT2D eigenvalue weighted by Gasteiger charge is -2.28. The Balaban J connectivity index is 1.16. The summed E-state index contributed by atoms with van der Waals surface area (Å²) in [5, 5.41) is 25.8. The summed E-state index contributed by atoms with van der Waals surface area (Å²) in [7, 11) is 0. The fraction of sp³-hybridized carbons (Fsp3) is 0.378. The first kappa shape index (κ1) is 34.4. The number of hydrogen-bond donors (Lipinski definition) is 6. The topological polar surface area (TPSA) is 197 Å². The Morgan fingerprint density at radius 1 is 0.940 bits per heavy atom. The first-order valence-electron chi connectivity index (χ1n) is 17.2. The van der Waals surface area contributed by atoms with E-state index >= 15 is 0 Å². The van der Waals surface area contributed by atoms with Crippen molar-refractivity contribution in [3.05, 3.63) is 83.4 Å². The van der Waals surface area contributed by atoms with Crippen LogP contribution in [0.4, 0.5) is 5.69 Å². The quantitative estimate of drug-likeness (QED) is 0.139. The van der Waals surface area contributed by atoms with Crippen LogP contribution in [0.3, 0.4) is 0 Å². The van der Waals surface area contributed by atoms with Crippen LogP contribution in [0.5, 0.6) is 0 Å². The van der Waals surface area contributed by atoms with Gasteiger partial charge in [0, 0.05) is 48.2 Å². The summed E-state index contributed by atoms with van der Waals surface area (Å²) >= 11 is 0. The number of tetrazole rings is 1. The molecular formula is C37H43N9O4. The number of carbonyl (C=O) groups is 4. The molecule has 13 nitrogen and oxygen atoms in total. The minimum Gasteiger partial charge on any atom is -0.356 e. The number of piperidine rings is 1. The van der Waals surface area contributed by atoms with E-state index < -0.39 is 6.04 Å². The average Bonchev–Trinajstić information content (AvgIpc) is 3.68. The highest BCUT2D eigenvalue weighted by molar-refractivity contribution is 5.98. The van der Waals surface area contributed by atoms with Gasteiger partial charge in [-0.1, -0.05) is 30.3 Å². The zero-order valence-corrected chi connectivity index (χ0v) is 28.1. The summed E-state index contributed by atoms with van der Waals surface area (Å²) < 4.78 is 0. The normalized spacial score (nSPS) is 19.6. The van der Waals surface area contributed by atoms with Crippen molar-refractivity contribution in [3.8, 4) is 22.5 Å². The van der Waals surface area contributed by atoms with Gasteiger partial charge >= 0.3 is 0 Å². The number of benzene rings is 3. The molecular weight excluding hydrogens is 634 g/mol. The summed E-state index contributed by atoms with van der Waals surface area (Å²) in [5.41, 5.74) is 11.4. The molecule has 2 atom stereocenters. The maximum Gasteiger partial charge on any atom is 0.251 e. The number of aromatic amines is 1. The van der Waals surface area contributed by atoms with Gasteiger partial charge in [-0.2, -0.15) is 5.21 Å². The van der Waals surface area contributed by atoms with E-state index in [9.17, 15) is 19.2 Å². The monoisotopic (exact) mass is 677 g/mol. The summed E-state index contributed by atoms with van der Waals surface area (Å²) in [5.74, 6) is 0.00259. The van der Waals surface area contributed by atoms with Gasteiger partial charge in [-0.3, -0.25) is 19.2 Å². The van der Waals surface area contributed by atoms with Crippen LogP contribution in [0.25, 0.3) is 22.5 Å². The van der Waals surface area contributed by atoms with Gasteiger partial charge in [0.25, 0.3) is 5.91 Å². The SMILES string of the molecule is Cc1ccc(C(=O)NC2CCNC(=O)C2)cc1-c1ccc(C[C@H](NC(=O)C2CCC(CN)CC2)C(=O)Nc2ccc(-c3nn[nH]n3)cc2)cc1. The predicted molar refractivity (Wildman–Crippen MR) is 188 cm³/mol. The number of rotatable bonds is 11. The van der Waals surface area contributed by atoms with Gasteiger partial charge in [0.1, 0.15) is 6.04 Å². The number of nitrogens with zero attached hydrogens (tertiary/aromatic N) is 3. The number of carbonyl (C=O) groups excluding carboxylic acids is 4. The van der Waals surface area contributed by atoms with Crippen molar-refractivity contribution < 1.29 is 19.2 Å². The van der Waals surface area contributed by atoms with Crippen LogP contribution < -0.4 is 27.0 Å². The molecule has 2 heterocycles. The third-order valence-electron chi connectivity index (χ3n) is 9.73. The van der Waals surface area contributed by atoms with Gasteiger partial charge in [0.15, 0.2) is 0 Å². The Kier molecular flexibility index (Phi) is 10.9. The zero-order chi connectivity index (χ0) is 35.0. The largest absolute Gasteiger partial charge is 0.356 e. The standard InChI is InChI=1S/C37H43N9O4/c1-22-2-7-28(36(49)41-30-16-17-39-33(47)20-30)19-31(22)25-8-3-23(4-9-25)18-32(42-35(48)27-10-5-24(21-38)6-11-27)37(50)40-29-14-12-26(13-15-29)34-43-45-46-44-34/h2-4,7-9,12-15,19,24,27,30,32H,5-6,10-11,16-18,20-21,38H2,1H3,(H,39,47)(H,40,50)(H,41,49)(H,42,48)(H,43,44,45,46)/t24?,27?,30?,32-/m0/s1. The Labute approximate surface area is 290 Å². The van der Waals surface area contributed by atoms with E-state index in [4.69, 9.17) is 5.73 Å². The molecule has 0 spiro atoms. The molecule has 7 N–H and O–H groups in total. The van der Waals surface area contributed by atoms with Gasteiger partial charge in [-0.05, 0) is 115 Å². The van der Waals surface area contributed by atoms with Gasteiger partial charge in [0.05, 0.1) is 0 Å². The second-order valence-corrected chi connectivity index (χ2v) is 13.3. The Bertz CT molecular complexity index is 1800. The molecule has 0 bridgehead atoms. The molecule has 1 saturated carbocycles. The molecule has 1 unspecified atom stereocenters. The molecule has 3 aromatic carbocycles. The van der Waals surface area contributed by atoms with E-state index in [1.807, 2.05) is 43.3 Å². The lowest BCUT2D eigenvalue weighted by atomic mass is 9.81. The van der Waals surface area contributed by atoms with Crippen LogP contribution in [0.2, 0.25) is 0 Å². The molecule has 13 heteroatoms. The number of nitrogens with two attached hydrogens (primary N) is 1.